The molecule has 1 heterocycles. The number of para-hydroxylation sites is 1. The molecular formula is C23H30N2O3S. The van der Waals surface area contributed by atoms with Crippen molar-refractivity contribution in [2.45, 2.75) is 57.3 Å². The molecule has 2 aromatic carbocycles. The number of hydrogen-bond acceptors (Lipinski definition) is 3. The summed E-state index contributed by atoms with van der Waals surface area (Å²) in [6.07, 6.45) is 3.79. The van der Waals surface area contributed by atoms with Crippen LogP contribution in [-0.2, 0) is 10.0 Å². The maximum absolute atomic E-state index is 13.1. The molecule has 0 bridgehead atoms. The van der Waals surface area contributed by atoms with Crippen LogP contribution in [0.4, 0.5) is 5.69 Å². The average Bonchev–Trinajstić information content (AvgIpc) is 2.74. The minimum atomic E-state index is -3.59. The van der Waals surface area contributed by atoms with E-state index in [0.29, 0.717) is 30.1 Å². The summed E-state index contributed by atoms with van der Waals surface area (Å²) < 4.78 is 27.8. The van der Waals surface area contributed by atoms with Crippen molar-refractivity contribution in [3.05, 3.63) is 59.2 Å². The lowest BCUT2D eigenvalue weighted by Gasteiger charge is -2.26. The largest absolute Gasteiger partial charge is 0.322 e. The number of benzene rings is 2. The van der Waals surface area contributed by atoms with E-state index in [1.54, 1.807) is 23.4 Å². The Labute approximate surface area is 174 Å². The highest BCUT2D eigenvalue weighted by Crippen LogP contribution is 2.28. The molecule has 2 aromatic rings. The third-order valence-electron chi connectivity index (χ3n) is 5.74. The summed E-state index contributed by atoms with van der Waals surface area (Å²) in [7, 11) is -3.59. The van der Waals surface area contributed by atoms with Crippen molar-refractivity contribution in [1.82, 2.24) is 4.31 Å². The van der Waals surface area contributed by atoms with E-state index in [1.807, 2.05) is 24.3 Å². The van der Waals surface area contributed by atoms with Crippen molar-refractivity contribution in [2.75, 3.05) is 18.4 Å². The zero-order valence-electron chi connectivity index (χ0n) is 17.4. The summed E-state index contributed by atoms with van der Waals surface area (Å²) in [6.45, 7) is 7.10. The Kier molecular flexibility index (Phi) is 6.75. The summed E-state index contributed by atoms with van der Waals surface area (Å²) in [5.74, 6) is 0.0235. The zero-order valence-corrected chi connectivity index (χ0v) is 18.3. The maximum Gasteiger partial charge on any atom is 0.255 e. The van der Waals surface area contributed by atoms with E-state index in [9.17, 15) is 13.2 Å². The Morgan fingerprint density at radius 2 is 1.79 bits per heavy atom. The third kappa shape index (κ3) is 4.70. The van der Waals surface area contributed by atoms with Crippen molar-refractivity contribution < 1.29 is 13.2 Å². The number of aryl methyl sites for hydroxylation is 1. The van der Waals surface area contributed by atoms with Gasteiger partial charge in [-0.1, -0.05) is 44.5 Å². The van der Waals surface area contributed by atoms with Crippen LogP contribution in [0.5, 0.6) is 0 Å². The lowest BCUT2D eigenvalue weighted by atomic mass is 9.97. The van der Waals surface area contributed by atoms with Crippen molar-refractivity contribution >= 4 is 21.6 Å². The molecular weight excluding hydrogens is 384 g/mol. The molecule has 1 aliphatic heterocycles. The summed E-state index contributed by atoms with van der Waals surface area (Å²) in [5, 5.41) is 2.97. The molecule has 0 saturated carbocycles. The molecule has 0 aromatic heterocycles. The van der Waals surface area contributed by atoms with E-state index in [4.69, 9.17) is 0 Å². The Hall–Kier alpha value is -2.18. The highest BCUT2D eigenvalue weighted by Gasteiger charge is 2.28. The third-order valence-corrected chi connectivity index (χ3v) is 7.78. The van der Waals surface area contributed by atoms with Gasteiger partial charge >= 0.3 is 0 Å². The van der Waals surface area contributed by atoms with Crippen LogP contribution >= 0.6 is 0 Å². The van der Waals surface area contributed by atoms with Crippen LogP contribution < -0.4 is 5.32 Å². The van der Waals surface area contributed by atoms with Crippen LogP contribution in [0.3, 0.4) is 0 Å². The molecule has 5 nitrogen and oxygen atoms in total. The van der Waals surface area contributed by atoms with Gasteiger partial charge in [0.2, 0.25) is 10.0 Å². The van der Waals surface area contributed by atoms with Crippen molar-refractivity contribution in [3.63, 3.8) is 0 Å². The van der Waals surface area contributed by atoms with Crippen LogP contribution in [0.25, 0.3) is 0 Å². The number of hydrogen-bond donors (Lipinski definition) is 1. The summed E-state index contributed by atoms with van der Waals surface area (Å²) >= 11 is 0. The quantitative estimate of drug-likeness (QED) is 0.728. The van der Waals surface area contributed by atoms with Crippen molar-refractivity contribution in [3.8, 4) is 0 Å². The van der Waals surface area contributed by atoms with Crippen LogP contribution in [0, 0.1) is 6.92 Å². The van der Waals surface area contributed by atoms with E-state index in [0.717, 1.165) is 36.9 Å². The molecule has 3 rings (SSSR count). The molecule has 1 amide bonds. The summed E-state index contributed by atoms with van der Waals surface area (Å²) in [6, 6.07) is 12.7. The number of carbonyl (C=O) groups is 1. The predicted octanol–water partition coefficient (Wildman–Crippen LogP) is 4.94. The monoisotopic (exact) mass is 414 g/mol. The van der Waals surface area contributed by atoms with Crippen molar-refractivity contribution in [2.24, 2.45) is 0 Å². The van der Waals surface area contributed by atoms with Gasteiger partial charge in [-0.15, -0.1) is 0 Å². The number of piperidine rings is 1. The second kappa shape index (κ2) is 9.09. The SMILES string of the molecule is CC[C@@H](C)c1ccccc1NC(=O)c1ccc(C)c(S(=O)(=O)N2CCCCC2)c1. The fourth-order valence-corrected chi connectivity index (χ4v) is 5.49. The topological polar surface area (TPSA) is 66.5 Å². The van der Waals surface area contributed by atoms with Gasteiger partial charge in [0.05, 0.1) is 4.90 Å². The summed E-state index contributed by atoms with van der Waals surface area (Å²) in [5.41, 5.74) is 2.86. The van der Waals surface area contributed by atoms with Crippen LogP contribution in [0.1, 0.15) is 66.9 Å². The molecule has 6 heteroatoms. The Bertz CT molecular complexity index is 979. The molecule has 0 unspecified atom stereocenters. The molecule has 1 saturated heterocycles. The predicted molar refractivity (Wildman–Crippen MR) is 117 cm³/mol. The molecule has 0 spiro atoms. The molecule has 1 aliphatic rings. The van der Waals surface area contributed by atoms with Crippen LogP contribution in [0.15, 0.2) is 47.4 Å². The molecule has 1 fully saturated rings. The number of nitrogens with zero attached hydrogens (tertiary/aromatic N) is 1. The maximum atomic E-state index is 13.1. The van der Waals surface area contributed by atoms with Gasteiger partial charge in [-0.2, -0.15) is 4.31 Å². The second-order valence-electron chi connectivity index (χ2n) is 7.80. The minimum Gasteiger partial charge on any atom is -0.322 e. The van der Waals surface area contributed by atoms with Gasteiger partial charge in [-0.3, -0.25) is 4.79 Å². The normalized spacial score (nSPS) is 16.4. The second-order valence-corrected chi connectivity index (χ2v) is 9.70. The first kappa shape index (κ1) is 21.5. The first-order valence-corrected chi connectivity index (χ1v) is 11.8. The number of nitrogens with one attached hydrogen (secondary N) is 1. The van der Waals surface area contributed by atoms with Gasteiger partial charge in [0.15, 0.2) is 0 Å². The highest BCUT2D eigenvalue weighted by atomic mass is 32.2. The van der Waals surface area contributed by atoms with Gasteiger partial charge in [0.25, 0.3) is 5.91 Å². The average molecular weight is 415 g/mol. The molecule has 1 N–H and O–H groups in total. The van der Waals surface area contributed by atoms with E-state index in [-0.39, 0.29) is 10.8 Å². The Morgan fingerprint density at radius 3 is 2.48 bits per heavy atom. The Morgan fingerprint density at radius 1 is 1.10 bits per heavy atom. The van der Waals surface area contributed by atoms with Gasteiger partial charge in [0, 0.05) is 24.3 Å². The number of sulfonamides is 1. The lowest BCUT2D eigenvalue weighted by Crippen LogP contribution is -2.36. The minimum absolute atomic E-state index is 0.224. The fraction of sp³-hybridized carbons (Fsp3) is 0.435. The lowest BCUT2D eigenvalue weighted by molar-refractivity contribution is 0.102. The molecule has 1 atom stereocenters. The molecule has 0 aliphatic carbocycles. The van der Waals surface area contributed by atoms with E-state index >= 15 is 0 Å². The molecule has 156 valence electrons. The number of rotatable bonds is 6. The number of amides is 1. The standard InChI is InChI=1S/C23H30N2O3S/c1-4-17(2)20-10-6-7-11-21(20)24-23(26)19-13-12-18(3)22(16-19)29(27,28)25-14-8-5-9-15-25/h6-7,10-13,16-17H,4-5,8-9,14-15H2,1-3H3,(H,24,26)/t17-/m1/s1. The van der Waals surface area contributed by atoms with E-state index < -0.39 is 10.0 Å². The van der Waals surface area contributed by atoms with E-state index in [2.05, 4.69) is 19.2 Å². The van der Waals surface area contributed by atoms with Gasteiger partial charge in [-0.05, 0) is 61.4 Å². The van der Waals surface area contributed by atoms with E-state index in [1.165, 1.54) is 6.07 Å². The zero-order chi connectivity index (χ0) is 21.0. The molecule has 0 radical (unpaired) electrons. The van der Waals surface area contributed by atoms with Crippen molar-refractivity contribution in [1.29, 1.82) is 0 Å². The first-order valence-electron chi connectivity index (χ1n) is 10.4. The summed E-state index contributed by atoms with van der Waals surface area (Å²) in [4.78, 5) is 13.1. The number of anilines is 1. The first-order chi connectivity index (χ1) is 13.8. The van der Waals surface area contributed by atoms with Crippen LogP contribution in [-0.4, -0.2) is 31.7 Å². The fourth-order valence-electron chi connectivity index (χ4n) is 3.72. The molecule has 29 heavy (non-hydrogen) atoms. The highest BCUT2D eigenvalue weighted by molar-refractivity contribution is 7.89. The van der Waals surface area contributed by atoms with Gasteiger partial charge in [-0.25, -0.2) is 8.42 Å². The number of carbonyl (C=O) groups excluding carboxylic acids is 1. The van der Waals surface area contributed by atoms with Crippen LogP contribution in [0.2, 0.25) is 0 Å². The smallest absolute Gasteiger partial charge is 0.255 e. The van der Waals surface area contributed by atoms with Gasteiger partial charge in [0.1, 0.15) is 0 Å². The Balaban J connectivity index is 1.89. The van der Waals surface area contributed by atoms with Gasteiger partial charge < -0.3 is 5.32 Å².